The van der Waals surface area contributed by atoms with Crippen molar-refractivity contribution in [3.05, 3.63) is 53.2 Å². The quantitative estimate of drug-likeness (QED) is 0.479. The van der Waals surface area contributed by atoms with Crippen LogP contribution in [0.1, 0.15) is 20.8 Å². The molecule has 1 atom stereocenters. The molecule has 1 heterocycles. The van der Waals surface area contributed by atoms with Gasteiger partial charge in [0.05, 0.1) is 10.7 Å². The van der Waals surface area contributed by atoms with Gasteiger partial charge in [0.1, 0.15) is 16.7 Å². The van der Waals surface area contributed by atoms with Crippen molar-refractivity contribution < 1.29 is 22.5 Å². The van der Waals surface area contributed by atoms with Gasteiger partial charge in [0.25, 0.3) is 0 Å². The number of carboxylic acid groups (broad SMARTS) is 1. The number of hydrogen-bond acceptors (Lipinski definition) is 9. The molecular weight excluding hydrogens is 434 g/mol. The first-order valence-corrected chi connectivity index (χ1v) is 11.6. The van der Waals surface area contributed by atoms with E-state index in [1.165, 1.54) is 37.3 Å². The lowest BCUT2D eigenvalue weighted by molar-refractivity contribution is -0.252. The second-order valence-corrected chi connectivity index (χ2v) is 8.87. The molecular formula is C21H26N5O5S-. The zero-order valence-corrected chi connectivity index (χ0v) is 19.0. The van der Waals surface area contributed by atoms with Gasteiger partial charge in [-0.2, -0.15) is 8.42 Å². The van der Waals surface area contributed by atoms with Crippen molar-refractivity contribution >= 4 is 21.9 Å². The van der Waals surface area contributed by atoms with Crippen molar-refractivity contribution in [1.29, 1.82) is 0 Å². The summed E-state index contributed by atoms with van der Waals surface area (Å²) >= 11 is 0. The molecule has 3 rings (SSSR count). The fourth-order valence-corrected chi connectivity index (χ4v) is 4.22. The molecule has 2 aromatic rings. The van der Waals surface area contributed by atoms with E-state index < -0.39 is 22.0 Å². The number of anilines is 1. The summed E-state index contributed by atoms with van der Waals surface area (Å²) in [5, 5.41) is 16.9. The second-order valence-electron chi connectivity index (χ2n) is 7.32. The van der Waals surface area contributed by atoms with E-state index in [4.69, 9.17) is 4.18 Å². The molecule has 1 unspecified atom stereocenters. The highest BCUT2D eigenvalue weighted by Crippen LogP contribution is 2.19. The first kappa shape index (κ1) is 23.5. The third-order valence-corrected chi connectivity index (χ3v) is 6.22. The van der Waals surface area contributed by atoms with Crippen molar-refractivity contribution in [2.45, 2.75) is 31.5 Å². The minimum absolute atomic E-state index is 0.0115. The number of rotatable bonds is 10. The normalized spacial score (nSPS) is 17.2. The predicted molar refractivity (Wildman–Crippen MR) is 116 cm³/mol. The molecule has 0 aromatic heterocycles. The summed E-state index contributed by atoms with van der Waals surface area (Å²) in [6.45, 7) is 9.26. The molecule has 0 spiro atoms. The molecule has 0 radical (unpaired) electrons. The highest BCUT2D eigenvalue weighted by molar-refractivity contribution is 7.87. The van der Waals surface area contributed by atoms with Crippen molar-refractivity contribution in [2.24, 2.45) is 9.98 Å². The topological polar surface area (TPSA) is 136 Å². The molecule has 1 aliphatic heterocycles. The molecule has 0 bridgehead atoms. The van der Waals surface area contributed by atoms with Gasteiger partial charge in [0, 0.05) is 31.8 Å². The molecule has 1 amide bonds. The molecule has 2 aromatic carbocycles. The average Bonchev–Trinajstić information content (AvgIpc) is 3.05. The first-order valence-electron chi connectivity index (χ1n) is 10.2. The fourth-order valence-electron chi connectivity index (χ4n) is 3.29. The monoisotopic (exact) mass is 460 g/mol. The van der Waals surface area contributed by atoms with Crippen LogP contribution < -0.4 is 30.6 Å². The van der Waals surface area contributed by atoms with Crippen LogP contribution in [0.4, 0.5) is 10.5 Å². The zero-order chi connectivity index (χ0) is 23.4. The van der Waals surface area contributed by atoms with Gasteiger partial charge in [0.15, 0.2) is 0 Å². The Labute approximate surface area is 186 Å². The number of carbonyl (C=O) groups is 1. The van der Waals surface area contributed by atoms with E-state index in [0.717, 1.165) is 31.9 Å². The fraction of sp³-hybridized carbons (Fsp3) is 0.381. The third kappa shape index (κ3) is 5.74. The lowest BCUT2D eigenvalue weighted by Crippen LogP contribution is -2.48. The summed E-state index contributed by atoms with van der Waals surface area (Å²) in [6, 6.07) is 10.7. The summed E-state index contributed by atoms with van der Waals surface area (Å²) < 4.78 is 30.6. The number of carbonyl (C=O) groups excluding carboxylic acids is 1. The number of amides is 1. The van der Waals surface area contributed by atoms with Crippen LogP contribution in [0.3, 0.4) is 0 Å². The Morgan fingerprint density at radius 3 is 2.38 bits per heavy atom. The molecule has 2 N–H and O–H groups in total. The molecule has 0 saturated heterocycles. The van der Waals surface area contributed by atoms with E-state index in [1.807, 2.05) is 0 Å². The van der Waals surface area contributed by atoms with Crippen molar-refractivity contribution in [3.8, 4) is 5.75 Å². The summed E-state index contributed by atoms with van der Waals surface area (Å²) in [5.74, 6) is -1.38. The van der Waals surface area contributed by atoms with Gasteiger partial charge in [-0.05, 0) is 49.5 Å². The van der Waals surface area contributed by atoms with Gasteiger partial charge in [-0.15, -0.1) is 0 Å². The van der Waals surface area contributed by atoms with Crippen molar-refractivity contribution in [3.63, 3.8) is 0 Å². The van der Waals surface area contributed by atoms with Crippen LogP contribution in [0.5, 0.6) is 5.75 Å². The molecule has 32 heavy (non-hydrogen) atoms. The number of hydrogen-bond donors (Lipinski definition) is 2. The predicted octanol–water partition coefficient (Wildman–Crippen LogP) is 0.0674. The first-order chi connectivity index (χ1) is 15.1. The van der Waals surface area contributed by atoms with E-state index >= 15 is 0 Å². The SMILES string of the molecule is CCN(CC)CCNc1ccc(S(=O)(=O)Oc2ccc3c(c2)=NC(C)(NC(=O)[O-])N=3)cc1. The standard InChI is InChI=1S/C21H27N5O5S/c1-4-26(5-2)13-12-22-15-6-9-17(10-7-15)32(29,30)31-16-8-11-18-19(14-16)24-21(3,23-18)25-20(27)28/h6-11,14,22,25H,4-5,12-13H2,1-3H3,(H,27,28)/p-1. The van der Waals surface area contributed by atoms with Gasteiger partial charge in [0.2, 0.25) is 5.79 Å². The zero-order valence-electron chi connectivity index (χ0n) is 18.2. The Bertz CT molecular complexity index is 1200. The number of likely N-dealkylation sites (N-methyl/N-ethyl adjacent to an activating group) is 1. The average molecular weight is 461 g/mol. The number of fused-ring (bicyclic) bond motifs is 1. The van der Waals surface area contributed by atoms with Gasteiger partial charge in [-0.3, -0.25) is 0 Å². The summed E-state index contributed by atoms with van der Waals surface area (Å²) in [7, 11) is -4.07. The lowest BCUT2D eigenvalue weighted by atomic mass is 10.3. The Morgan fingerprint density at radius 1 is 1.09 bits per heavy atom. The lowest BCUT2D eigenvalue weighted by Gasteiger charge is -2.20. The minimum Gasteiger partial charge on any atom is -0.530 e. The van der Waals surface area contributed by atoms with Crippen LogP contribution in [-0.4, -0.2) is 51.4 Å². The van der Waals surface area contributed by atoms with Crippen LogP contribution in [-0.2, 0) is 10.1 Å². The Morgan fingerprint density at radius 2 is 1.75 bits per heavy atom. The van der Waals surface area contributed by atoms with Gasteiger partial charge < -0.3 is 29.6 Å². The molecule has 0 fully saturated rings. The highest BCUT2D eigenvalue weighted by Gasteiger charge is 2.25. The van der Waals surface area contributed by atoms with Crippen LogP contribution >= 0.6 is 0 Å². The number of benzene rings is 2. The maximum Gasteiger partial charge on any atom is 0.339 e. The number of nitrogens with zero attached hydrogens (tertiary/aromatic N) is 3. The second kappa shape index (κ2) is 9.53. The third-order valence-electron chi connectivity index (χ3n) is 4.96. The van der Waals surface area contributed by atoms with Crippen LogP contribution in [0.15, 0.2) is 57.3 Å². The molecule has 0 aliphatic carbocycles. The Kier molecular flexibility index (Phi) is 6.99. The van der Waals surface area contributed by atoms with E-state index in [0.29, 0.717) is 10.7 Å². The van der Waals surface area contributed by atoms with E-state index in [-0.39, 0.29) is 10.6 Å². The molecule has 172 valence electrons. The van der Waals surface area contributed by atoms with Crippen LogP contribution in [0, 0.1) is 0 Å². The van der Waals surface area contributed by atoms with E-state index in [2.05, 4.69) is 39.4 Å². The van der Waals surface area contributed by atoms with Gasteiger partial charge >= 0.3 is 10.1 Å². The Balaban J connectivity index is 1.69. The number of nitrogens with one attached hydrogen (secondary N) is 2. The van der Waals surface area contributed by atoms with Gasteiger partial charge in [-0.1, -0.05) is 13.8 Å². The highest BCUT2D eigenvalue weighted by atomic mass is 32.2. The molecule has 1 aliphatic rings. The largest absolute Gasteiger partial charge is 0.530 e. The smallest absolute Gasteiger partial charge is 0.339 e. The van der Waals surface area contributed by atoms with Crippen molar-refractivity contribution in [2.75, 3.05) is 31.5 Å². The maximum atomic E-state index is 12.7. The summed E-state index contributed by atoms with van der Waals surface area (Å²) in [6.07, 6.45) is -1.52. The van der Waals surface area contributed by atoms with E-state index in [1.54, 1.807) is 12.1 Å². The summed E-state index contributed by atoms with van der Waals surface area (Å²) in [4.78, 5) is 21.4. The van der Waals surface area contributed by atoms with Crippen molar-refractivity contribution in [1.82, 2.24) is 10.2 Å². The van der Waals surface area contributed by atoms with Gasteiger partial charge in [-0.25, -0.2) is 9.98 Å². The van der Waals surface area contributed by atoms with Crippen LogP contribution in [0.2, 0.25) is 0 Å². The van der Waals surface area contributed by atoms with Crippen LogP contribution in [0.25, 0.3) is 0 Å². The Hall–Kier alpha value is -3.18. The molecule has 0 saturated carbocycles. The summed E-state index contributed by atoms with van der Waals surface area (Å²) in [5.41, 5.74) is 0.814. The molecule has 10 nitrogen and oxygen atoms in total. The van der Waals surface area contributed by atoms with E-state index in [9.17, 15) is 18.3 Å². The minimum atomic E-state index is -4.07. The maximum absolute atomic E-state index is 12.7. The molecule has 11 heteroatoms.